The van der Waals surface area contributed by atoms with E-state index in [1.165, 1.54) is 23.1 Å². The molecule has 3 heterocycles. The van der Waals surface area contributed by atoms with Crippen LogP contribution in [0.1, 0.15) is 27.3 Å². The molecule has 4 aromatic rings. The second-order valence-electron chi connectivity index (χ2n) is 7.65. The lowest BCUT2D eigenvalue weighted by atomic mass is 10.1. The number of aromatic nitrogens is 3. The number of hydrogen-bond donors (Lipinski definition) is 0. The van der Waals surface area contributed by atoms with Gasteiger partial charge in [0.05, 0.1) is 11.4 Å². The number of para-hydroxylation sites is 1. The highest BCUT2D eigenvalue weighted by Gasteiger charge is 2.19. The van der Waals surface area contributed by atoms with Crippen LogP contribution in [0.4, 0.5) is 0 Å². The number of carbonyl (C=O) groups excluding carboxylic acids is 1. The van der Waals surface area contributed by atoms with E-state index in [0.29, 0.717) is 16.3 Å². The predicted octanol–water partition coefficient (Wildman–Crippen LogP) is 5.83. The highest BCUT2D eigenvalue weighted by molar-refractivity contribution is 8.01. The number of ketones is 1. The Morgan fingerprint density at radius 3 is 2.73 bits per heavy atom. The van der Waals surface area contributed by atoms with Crippen LogP contribution in [0.25, 0.3) is 5.69 Å². The summed E-state index contributed by atoms with van der Waals surface area (Å²) in [4.78, 5) is 13.0. The van der Waals surface area contributed by atoms with Gasteiger partial charge in [-0.1, -0.05) is 47.4 Å². The standard InChI is InChI=1S/C24H21N3O3S3/c1-15-10-19(16(2)26(15)12-17-8-9-21-22(11-17)30-14-29-21)20(28)13-32-23-25-27(24(31)33-23)18-6-4-3-5-7-18/h3-11H,12-14H2,1-2H3. The topological polar surface area (TPSA) is 58.3 Å². The number of thioether (sulfide) groups is 1. The Balaban J connectivity index is 1.29. The summed E-state index contributed by atoms with van der Waals surface area (Å²) in [6, 6.07) is 17.7. The quantitative estimate of drug-likeness (QED) is 0.183. The summed E-state index contributed by atoms with van der Waals surface area (Å²) in [5.74, 6) is 1.92. The number of hydrogen-bond acceptors (Lipinski definition) is 7. The van der Waals surface area contributed by atoms with E-state index in [1.54, 1.807) is 4.68 Å². The molecule has 2 aromatic heterocycles. The molecule has 2 aromatic carbocycles. The molecule has 0 spiro atoms. The Labute approximate surface area is 204 Å². The number of fused-ring (bicyclic) bond motifs is 1. The van der Waals surface area contributed by atoms with Crippen LogP contribution in [0, 0.1) is 17.8 Å². The lowest BCUT2D eigenvalue weighted by molar-refractivity contribution is 0.102. The second-order valence-corrected chi connectivity index (χ2v) is 10.5. The van der Waals surface area contributed by atoms with Gasteiger partial charge in [-0.2, -0.15) is 0 Å². The van der Waals surface area contributed by atoms with Crippen molar-refractivity contribution in [2.75, 3.05) is 12.5 Å². The van der Waals surface area contributed by atoms with Crippen molar-refractivity contribution in [2.24, 2.45) is 0 Å². The Hall–Kier alpha value is -2.88. The Kier molecular flexibility index (Phi) is 6.09. The third kappa shape index (κ3) is 4.48. The molecule has 33 heavy (non-hydrogen) atoms. The predicted molar refractivity (Wildman–Crippen MR) is 133 cm³/mol. The van der Waals surface area contributed by atoms with Crippen molar-refractivity contribution in [1.82, 2.24) is 14.3 Å². The molecule has 168 valence electrons. The summed E-state index contributed by atoms with van der Waals surface area (Å²) < 4.78 is 16.2. The number of rotatable bonds is 7. The highest BCUT2D eigenvalue weighted by Crippen LogP contribution is 2.33. The lowest BCUT2D eigenvalue weighted by Gasteiger charge is -2.10. The van der Waals surface area contributed by atoms with Crippen LogP contribution in [-0.4, -0.2) is 32.7 Å². The van der Waals surface area contributed by atoms with Crippen LogP contribution in [0.3, 0.4) is 0 Å². The normalized spacial score (nSPS) is 12.3. The second kappa shape index (κ2) is 9.17. The highest BCUT2D eigenvalue weighted by atomic mass is 32.2. The number of nitrogens with zero attached hydrogens (tertiary/aromatic N) is 3. The van der Waals surface area contributed by atoms with E-state index in [-0.39, 0.29) is 12.6 Å². The molecule has 0 N–H and O–H groups in total. The smallest absolute Gasteiger partial charge is 0.231 e. The molecule has 0 saturated carbocycles. The summed E-state index contributed by atoms with van der Waals surface area (Å²) in [7, 11) is 0. The van der Waals surface area contributed by atoms with Gasteiger partial charge in [-0.25, -0.2) is 4.68 Å². The minimum Gasteiger partial charge on any atom is -0.454 e. The minimum absolute atomic E-state index is 0.0809. The van der Waals surface area contributed by atoms with Gasteiger partial charge in [0, 0.05) is 23.5 Å². The largest absolute Gasteiger partial charge is 0.454 e. The van der Waals surface area contributed by atoms with Crippen LogP contribution in [0.15, 0.2) is 58.9 Å². The molecule has 1 aliphatic rings. The van der Waals surface area contributed by atoms with E-state index in [4.69, 9.17) is 21.7 Å². The average molecular weight is 496 g/mol. The van der Waals surface area contributed by atoms with E-state index in [1.807, 2.05) is 68.4 Å². The van der Waals surface area contributed by atoms with Crippen LogP contribution >= 0.6 is 35.3 Å². The third-order valence-electron chi connectivity index (χ3n) is 5.51. The molecule has 0 unspecified atom stereocenters. The van der Waals surface area contributed by atoms with Crippen LogP contribution in [-0.2, 0) is 6.54 Å². The molecule has 0 aliphatic carbocycles. The van der Waals surface area contributed by atoms with Gasteiger partial charge in [-0.05, 0) is 62.0 Å². The van der Waals surface area contributed by atoms with Gasteiger partial charge in [-0.3, -0.25) is 4.79 Å². The third-order valence-corrected chi connectivity index (χ3v) is 7.87. The van der Waals surface area contributed by atoms with Crippen molar-refractivity contribution in [1.29, 1.82) is 0 Å². The van der Waals surface area contributed by atoms with Crippen molar-refractivity contribution in [3.8, 4) is 17.2 Å². The first-order valence-electron chi connectivity index (χ1n) is 10.4. The molecule has 0 fully saturated rings. The van der Waals surface area contributed by atoms with Crippen molar-refractivity contribution in [3.63, 3.8) is 0 Å². The van der Waals surface area contributed by atoms with Crippen LogP contribution in [0.5, 0.6) is 11.5 Å². The van der Waals surface area contributed by atoms with Gasteiger partial charge in [0.15, 0.2) is 25.6 Å². The van der Waals surface area contributed by atoms with Crippen molar-refractivity contribution in [3.05, 3.63) is 81.1 Å². The summed E-state index contributed by atoms with van der Waals surface area (Å²) in [5, 5.41) is 4.59. The molecular weight excluding hydrogens is 474 g/mol. The zero-order chi connectivity index (χ0) is 22.9. The molecule has 0 amide bonds. The SMILES string of the molecule is Cc1cc(C(=O)CSc2nn(-c3ccccc3)c(=S)s2)c(C)n1Cc1ccc2c(c1)OCO2. The Morgan fingerprint density at radius 1 is 1.12 bits per heavy atom. The molecule has 1 aliphatic heterocycles. The molecule has 0 radical (unpaired) electrons. The zero-order valence-electron chi connectivity index (χ0n) is 18.1. The Bertz CT molecular complexity index is 1390. The summed E-state index contributed by atoms with van der Waals surface area (Å²) >= 11 is 8.31. The van der Waals surface area contributed by atoms with Gasteiger partial charge in [0.1, 0.15) is 0 Å². The molecule has 0 atom stereocenters. The number of carbonyl (C=O) groups is 1. The number of benzene rings is 2. The van der Waals surface area contributed by atoms with Gasteiger partial charge in [0.2, 0.25) is 6.79 Å². The molecular formula is C24H21N3O3S3. The van der Waals surface area contributed by atoms with Crippen molar-refractivity contribution in [2.45, 2.75) is 24.7 Å². The number of ether oxygens (including phenoxy) is 2. The molecule has 6 nitrogen and oxygen atoms in total. The molecule has 9 heteroatoms. The van der Waals surface area contributed by atoms with E-state index in [2.05, 4.69) is 9.67 Å². The Morgan fingerprint density at radius 2 is 1.91 bits per heavy atom. The van der Waals surface area contributed by atoms with E-state index < -0.39 is 0 Å². The van der Waals surface area contributed by atoms with E-state index in [9.17, 15) is 4.79 Å². The monoisotopic (exact) mass is 495 g/mol. The maximum atomic E-state index is 13.0. The fourth-order valence-electron chi connectivity index (χ4n) is 3.81. The van der Waals surface area contributed by atoms with Gasteiger partial charge in [0.25, 0.3) is 0 Å². The zero-order valence-corrected chi connectivity index (χ0v) is 20.6. The number of Topliss-reactive ketones (excluding diaryl/α,β-unsaturated/α-hetero) is 1. The van der Waals surface area contributed by atoms with Crippen LogP contribution in [0.2, 0.25) is 0 Å². The van der Waals surface area contributed by atoms with E-state index in [0.717, 1.165) is 44.0 Å². The lowest BCUT2D eigenvalue weighted by Crippen LogP contribution is -2.07. The first-order valence-corrected chi connectivity index (χ1v) is 12.6. The number of aryl methyl sites for hydroxylation is 1. The van der Waals surface area contributed by atoms with Crippen LogP contribution < -0.4 is 9.47 Å². The fourth-order valence-corrected chi connectivity index (χ4v) is 6.05. The fraction of sp³-hybridized carbons (Fsp3) is 0.208. The van der Waals surface area contributed by atoms with Gasteiger partial charge >= 0.3 is 0 Å². The van der Waals surface area contributed by atoms with Gasteiger partial charge in [-0.15, -0.1) is 5.10 Å². The molecule has 0 saturated heterocycles. The van der Waals surface area contributed by atoms with Gasteiger partial charge < -0.3 is 14.0 Å². The summed E-state index contributed by atoms with van der Waals surface area (Å²) in [6.07, 6.45) is 0. The summed E-state index contributed by atoms with van der Waals surface area (Å²) in [6.45, 7) is 4.94. The minimum atomic E-state index is 0.0809. The van der Waals surface area contributed by atoms with E-state index >= 15 is 0 Å². The first kappa shape index (κ1) is 21.9. The average Bonchev–Trinajstić information content (AvgIpc) is 3.51. The maximum Gasteiger partial charge on any atom is 0.231 e. The molecule has 5 rings (SSSR count). The first-order chi connectivity index (χ1) is 16.0. The maximum absolute atomic E-state index is 13.0. The molecule has 0 bridgehead atoms. The van der Waals surface area contributed by atoms with Crippen molar-refractivity contribution < 1.29 is 14.3 Å². The van der Waals surface area contributed by atoms with Crippen molar-refractivity contribution >= 4 is 41.1 Å². The summed E-state index contributed by atoms with van der Waals surface area (Å²) in [5.41, 5.74) is 4.76.